The number of halogens is 3. The van der Waals surface area contributed by atoms with E-state index in [-0.39, 0.29) is 23.9 Å². The van der Waals surface area contributed by atoms with Crippen LogP contribution in [0.2, 0.25) is 0 Å². The minimum Gasteiger partial charge on any atom is -0.347 e. The van der Waals surface area contributed by atoms with E-state index in [9.17, 15) is 18.0 Å². The van der Waals surface area contributed by atoms with Crippen LogP contribution in [-0.4, -0.2) is 50.8 Å². The summed E-state index contributed by atoms with van der Waals surface area (Å²) in [7, 11) is 3.65. The second-order valence-corrected chi connectivity index (χ2v) is 9.99. The molecule has 0 aromatic carbocycles. The molecule has 2 atom stereocenters. The van der Waals surface area contributed by atoms with Crippen molar-refractivity contribution in [3.05, 3.63) is 52.7 Å². The number of carbonyl (C=O) groups is 1. The first kappa shape index (κ1) is 25.0. The molecule has 0 radical (unpaired) electrons. The number of hydrogen-bond acceptors (Lipinski definition) is 7. The van der Waals surface area contributed by atoms with E-state index < -0.39 is 11.9 Å². The Morgan fingerprint density at radius 3 is 2.57 bits per heavy atom. The molecule has 0 unspecified atom stereocenters. The Hall–Kier alpha value is -3.70. The van der Waals surface area contributed by atoms with E-state index in [0.29, 0.717) is 35.3 Å². The van der Waals surface area contributed by atoms with Crippen LogP contribution in [0.5, 0.6) is 0 Å². The van der Waals surface area contributed by atoms with Crippen molar-refractivity contribution < 1.29 is 18.0 Å². The largest absolute Gasteiger partial charge is 0.433 e. The Bertz CT molecular complexity index is 1330. The molecule has 37 heavy (non-hydrogen) atoms. The number of hydrogen-bond donors (Lipinski definition) is 1. The molecule has 1 aliphatic carbocycles. The van der Waals surface area contributed by atoms with Gasteiger partial charge >= 0.3 is 6.18 Å². The minimum atomic E-state index is -4.46. The zero-order valence-corrected chi connectivity index (χ0v) is 21.3. The lowest BCUT2D eigenvalue weighted by Gasteiger charge is -2.41. The number of likely N-dealkylation sites (N-methyl/N-ethyl adjacent to an activating group) is 2. The molecule has 1 aliphatic heterocycles. The lowest BCUT2D eigenvalue weighted by Crippen LogP contribution is -2.53. The summed E-state index contributed by atoms with van der Waals surface area (Å²) in [5.74, 6) is 1.32. The van der Waals surface area contributed by atoms with Gasteiger partial charge in [0.05, 0.1) is 24.5 Å². The van der Waals surface area contributed by atoms with Crippen molar-refractivity contribution in [1.29, 1.82) is 0 Å². The molecule has 12 heteroatoms. The van der Waals surface area contributed by atoms with Crippen LogP contribution >= 0.6 is 0 Å². The summed E-state index contributed by atoms with van der Waals surface area (Å²) in [6, 6.07) is 2.06. The van der Waals surface area contributed by atoms with Gasteiger partial charge < -0.3 is 15.1 Å². The number of carbonyl (C=O) groups excluding carboxylic acids is 1. The van der Waals surface area contributed by atoms with Gasteiger partial charge in [-0.05, 0) is 37.3 Å². The molecule has 2 aliphatic rings. The van der Waals surface area contributed by atoms with Gasteiger partial charge in [-0.1, -0.05) is 19.9 Å². The average molecular weight is 515 g/mol. The second-order valence-electron chi connectivity index (χ2n) is 9.99. The summed E-state index contributed by atoms with van der Waals surface area (Å²) in [6.45, 7) is 6.24. The number of amides is 1. The van der Waals surface area contributed by atoms with Crippen LogP contribution < -0.4 is 15.1 Å². The van der Waals surface area contributed by atoms with E-state index in [2.05, 4.69) is 20.4 Å². The second kappa shape index (κ2) is 9.00. The molecular formula is C25H29F3N8O. The van der Waals surface area contributed by atoms with Crippen LogP contribution in [0.4, 0.5) is 30.6 Å². The Morgan fingerprint density at radius 1 is 1.16 bits per heavy atom. The summed E-state index contributed by atoms with van der Waals surface area (Å²) in [5.41, 5.74) is 3.19. The van der Waals surface area contributed by atoms with Gasteiger partial charge in [0.25, 0.3) is 0 Å². The van der Waals surface area contributed by atoms with Crippen molar-refractivity contribution in [2.45, 2.75) is 58.4 Å². The molecule has 3 aromatic heterocycles. The highest BCUT2D eigenvalue weighted by Gasteiger charge is 2.39. The lowest BCUT2D eigenvalue weighted by atomic mass is 9.98. The molecule has 3 aromatic rings. The van der Waals surface area contributed by atoms with Gasteiger partial charge in [0.1, 0.15) is 17.4 Å². The van der Waals surface area contributed by atoms with E-state index in [4.69, 9.17) is 4.98 Å². The predicted octanol–water partition coefficient (Wildman–Crippen LogP) is 3.98. The lowest BCUT2D eigenvalue weighted by molar-refractivity contribution is -0.141. The third-order valence-corrected chi connectivity index (χ3v) is 7.12. The molecule has 4 heterocycles. The molecule has 0 spiro atoms. The molecular weight excluding hydrogens is 485 g/mol. The van der Waals surface area contributed by atoms with Gasteiger partial charge in [-0.3, -0.25) is 14.5 Å². The van der Waals surface area contributed by atoms with Crippen molar-refractivity contribution in [2.24, 2.45) is 5.92 Å². The van der Waals surface area contributed by atoms with Gasteiger partial charge in [0.2, 0.25) is 11.9 Å². The van der Waals surface area contributed by atoms with E-state index in [1.807, 2.05) is 37.4 Å². The monoisotopic (exact) mass is 514 g/mol. The van der Waals surface area contributed by atoms with Crippen LogP contribution in [0.25, 0.3) is 0 Å². The fourth-order valence-corrected chi connectivity index (χ4v) is 5.32. The van der Waals surface area contributed by atoms with Gasteiger partial charge in [0.15, 0.2) is 5.82 Å². The quantitative estimate of drug-likeness (QED) is 0.551. The molecule has 196 valence electrons. The van der Waals surface area contributed by atoms with Crippen molar-refractivity contribution in [1.82, 2.24) is 24.7 Å². The smallest absolute Gasteiger partial charge is 0.347 e. The maximum Gasteiger partial charge on any atom is 0.433 e. The normalized spacial score (nSPS) is 19.4. The summed E-state index contributed by atoms with van der Waals surface area (Å²) in [5, 5.41) is 7.91. The average Bonchev–Trinajstić information content (AvgIpc) is 3.40. The van der Waals surface area contributed by atoms with Gasteiger partial charge in [-0.25, -0.2) is 4.98 Å². The SMILES string of the molecule is Cc1nc(N[C@H]2CCc3c2cnn3Cc2ccc(C(F)(F)F)nc2)nc2c1N(C)C(=O)[C@H](C(C)C)N2C. The van der Waals surface area contributed by atoms with Crippen LogP contribution in [0, 0.1) is 12.8 Å². The fourth-order valence-electron chi connectivity index (χ4n) is 5.32. The molecule has 0 bridgehead atoms. The Balaban J connectivity index is 1.36. The van der Waals surface area contributed by atoms with Crippen LogP contribution in [0.1, 0.15) is 54.5 Å². The molecule has 0 saturated heterocycles. The Labute approximate surface area is 212 Å². The number of anilines is 3. The van der Waals surface area contributed by atoms with Crippen molar-refractivity contribution >= 4 is 23.4 Å². The first-order chi connectivity index (χ1) is 17.5. The van der Waals surface area contributed by atoms with Gasteiger partial charge in [0, 0.05) is 31.5 Å². The number of aryl methyl sites for hydroxylation is 1. The van der Waals surface area contributed by atoms with Crippen LogP contribution in [0.3, 0.4) is 0 Å². The minimum absolute atomic E-state index is 0.0218. The van der Waals surface area contributed by atoms with Crippen molar-refractivity contribution in [3.63, 3.8) is 0 Å². The summed E-state index contributed by atoms with van der Waals surface area (Å²) in [6.07, 6.45) is 0.138. The molecule has 1 N–H and O–H groups in total. The number of nitrogens with zero attached hydrogens (tertiary/aromatic N) is 7. The third-order valence-electron chi connectivity index (χ3n) is 7.12. The third kappa shape index (κ3) is 4.38. The highest BCUT2D eigenvalue weighted by atomic mass is 19.4. The predicted molar refractivity (Wildman–Crippen MR) is 132 cm³/mol. The summed E-state index contributed by atoms with van der Waals surface area (Å²) >= 11 is 0. The number of rotatable bonds is 5. The van der Waals surface area contributed by atoms with E-state index in [1.165, 1.54) is 12.3 Å². The van der Waals surface area contributed by atoms with E-state index in [1.54, 1.807) is 18.1 Å². The van der Waals surface area contributed by atoms with Crippen molar-refractivity contribution in [3.8, 4) is 0 Å². The zero-order valence-electron chi connectivity index (χ0n) is 21.3. The Kier molecular flexibility index (Phi) is 6.07. The zero-order chi connectivity index (χ0) is 26.6. The van der Waals surface area contributed by atoms with E-state index in [0.717, 1.165) is 30.2 Å². The number of nitrogens with one attached hydrogen (secondary N) is 1. The maximum atomic E-state index is 12.9. The van der Waals surface area contributed by atoms with Gasteiger partial charge in [-0.15, -0.1) is 0 Å². The summed E-state index contributed by atoms with van der Waals surface area (Å²) in [4.78, 5) is 29.5. The molecule has 0 saturated carbocycles. The first-order valence-corrected chi connectivity index (χ1v) is 12.2. The van der Waals surface area contributed by atoms with Crippen molar-refractivity contribution in [2.75, 3.05) is 29.2 Å². The number of alkyl halides is 3. The highest BCUT2D eigenvalue weighted by Crippen LogP contribution is 2.39. The number of fused-ring (bicyclic) bond motifs is 2. The number of pyridine rings is 1. The summed E-state index contributed by atoms with van der Waals surface area (Å²) < 4.78 is 40.2. The first-order valence-electron chi connectivity index (χ1n) is 12.2. The topological polar surface area (TPSA) is 92.1 Å². The standard InChI is InChI=1S/C25H29F3N8O/c1-13(2)20-23(37)35(5)21-14(3)31-24(33-22(21)34(20)4)32-17-7-8-18-16(17)11-30-36(18)12-15-6-9-19(29-10-15)25(26,27)28/h6,9-11,13,17,20H,7-8,12H2,1-5H3,(H,31,32,33)/t17-,20-/m0/s1. The van der Waals surface area contributed by atoms with Gasteiger partial charge in [-0.2, -0.15) is 23.3 Å². The van der Waals surface area contributed by atoms with E-state index >= 15 is 0 Å². The highest BCUT2D eigenvalue weighted by molar-refractivity contribution is 6.05. The molecule has 5 rings (SSSR count). The fraction of sp³-hybridized carbons (Fsp3) is 0.480. The van der Waals surface area contributed by atoms with Crippen LogP contribution in [-0.2, 0) is 23.9 Å². The maximum absolute atomic E-state index is 12.9. The Morgan fingerprint density at radius 2 is 1.92 bits per heavy atom. The molecule has 0 fully saturated rings. The molecule has 9 nitrogen and oxygen atoms in total. The molecule has 1 amide bonds. The number of aromatic nitrogens is 5. The van der Waals surface area contributed by atoms with Crippen LogP contribution in [0.15, 0.2) is 24.5 Å².